The zero-order valence-corrected chi connectivity index (χ0v) is 17.8. The Labute approximate surface area is 174 Å². The summed E-state index contributed by atoms with van der Waals surface area (Å²) in [6, 6.07) is 0.656. The molecular formula is C21H26F2N4O3. The fourth-order valence-electron chi connectivity index (χ4n) is 4.42. The summed E-state index contributed by atoms with van der Waals surface area (Å²) in [5.74, 6) is -0.833. The molecule has 2 atom stereocenters. The van der Waals surface area contributed by atoms with Crippen molar-refractivity contribution in [2.45, 2.75) is 58.2 Å². The minimum atomic E-state index is -0.799. The summed E-state index contributed by atoms with van der Waals surface area (Å²) >= 11 is 0. The lowest BCUT2D eigenvalue weighted by Crippen LogP contribution is -2.57. The fraction of sp³-hybridized carbons (Fsp3) is 0.571. The summed E-state index contributed by atoms with van der Waals surface area (Å²) in [5, 5.41) is 0.214. The molecule has 9 heteroatoms. The highest BCUT2D eigenvalue weighted by molar-refractivity contribution is 5.95. The van der Waals surface area contributed by atoms with Crippen LogP contribution in [0, 0.1) is 18.6 Å². The third kappa shape index (κ3) is 3.50. The molecule has 2 aliphatic heterocycles. The van der Waals surface area contributed by atoms with E-state index in [2.05, 4.69) is 9.97 Å². The van der Waals surface area contributed by atoms with Crippen molar-refractivity contribution in [1.29, 1.82) is 0 Å². The van der Waals surface area contributed by atoms with Crippen molar-refractivity contribution in [3.8, 4) is 5.75 Å². The predicted octanol–water partition coefficient (Wildman–Crippen LogP) is 3.81. The Morgan fingerprint density at radius 3 is 2.33 bits per heavy atom. The van der Waals surface area contributed by atoms with Crippen LogP contribution in [-0.4, -0.2) is 58.8 Å². The average molecular weight is 420 g/mol. The molecule has 0 aliphatic carbocycles. The van der Waals surface area contributed by atoms with Crippen molar-refractivity contribution in [3.05, 3.63) is 23.5 Å². The maximum absolute atomic E-state index is 14.5. The number of aromatic nitrogens is 2. The van der Waals surface area contributed by atoms with E-state index in [0.29, 0.717) is 24.7 Å². The number of hydrogen-bond acceptors (Lipinski definition) is 6. The van der Waals surface area contributed by atoms with Gasteiger partial charge >= 0.3 is 6.09 Å². The Hall–Kier alpha value is -2.71. The zero-order valence-electron chi connectivity index (χ0n) is 17.8. The molecule has 30 heavy (non-hydrogen) atoms. The molecule has 0 spiro atoms. The fourth-order valence-corrected chi connectivity index (χ4v) is 4.42. The van der Waals surface area contributed by atoms with E-state index in [0.717, 1.165) is 18.9 Å². The number of amides is 1. The van der Waals surface area contributed by atoms with E-state index >= 15 is 0 Å². The second-order valence-electron chi connectivity index (χ2n) is 8.87. The number of rotatable bonds is 2. The molecule has 2 bridgehead atoms. The van der Waals surface area contributed by atoms with Crippen molar-refractivity contribution in [2.24, 2.45) is 0 Å². The molecule has 1 aromatic carbocycles. The van der Waals surface area contributed by atoms with Crippen LogP contribution < -0.4 is 9.64 Å². The van der Waals surface area contributed by atoms with Gasteiger partial charge in [0.25, 0.3) is 0 Å². The topological polar surface area (TPSA) is 67.8 Å². The molecule has 1 amide bonds. The van der Waals surface area contributed by atoms with Gasteiger partial charge in [0.05, 0.1) is 24.6 Å². The summed E-state index contributed by atoms with van der Waals surface area (Å²) in [4.78, 5) is 25.2. The molecule has 0 N–H and O–H groups in total. The first-order chi connectivity index (χ1) is 14.1. The van der Waals surface area contributed by atoms with Crippen LogP contribution in [0.4, 0.5) is 19.4 Å². The highest BCUT2D eigenvalue weighted by Gasteiger charge is 2.45. The van der Waals surface area contributed by atoms with Gasteiger partial charge in [-0.15, -0.1) is 0 Å². The molecule has 2 aromatic rings. The largest absolute Gasteiger partial charge is 0.493 e. The third-order valence-electron chi connectivity index (χ3n) is 5.52. The van der Waals surface area contributed by atoms with E-state index in [4.69, 9.17) is 9.47 Å². The molecule has 2 fully saturated rings. The van der Waals surface area contributed by atoms with Gasteiger partial charge in [0.2, 0.25) is 0 Å². The van der Waals surface area contributed by atoms with E-state index < -0.39 is 17.2 Å². The molecule has 0 saturated carbocycles. The van der Waals surface area contributed by atoms with Crippen LogP contribution in [0.1, 0.15) is 39.4 Å². The summed E-state index contributed by atoms with van der Waals surface area (Å²) in [5.41, 5.74) is -0.548. The lowest BCUT2D eigenvalue weighted by molar-refractivity contribution is 0.0123. The first-order valence-electron chi connectivity index (χ1n) is 10.1. The van der Waals surface area contributed by atoms with Crippen LogP contribution in [0.5, 0.6) is 5.75 Å². The van der Waals surface area contributed by atoms with Crippen molar-refractivity contribution in [3.63, 3.8) is 0 Å². The monoisotopic (exact) mass is 420 g/mol. The zero-order chi connectivity index (χ0) is 21.8. The van der Waals surface area contributed by atoms with Crippen molar-refractivity contribution in [2.75, 3.05) is 25.1 Å². The van der Waals surface area contributed by atoms with E-state index in [9.17, 15) is 13.6 Å². The number of halogens is 2. The van der Waals surface area contributed by atoms with E-state index in [1.54, 1.807) is 11.8 Å². The quantitative estimate of drug-likeness (QED) is 0.736. The number of piperazine rings is 1. The van der Waals surface area contributed by atoms with Crippen LogP contribution in [-0.2, 0) is 4.74 Å². The van der Waals surface area contributed by atoms with Gasteiger partial charge in [0.15, 0.2) is 17.4 Å². The van der Waals surface area contributed by atoms with Gasteiger partial charge in [-0.25, -0.2) is 23.5 Å². The maximum Gasteiger partial charge on any atom is 0.410 e. The molecule has 4 rings (SSSR count). The van der Waals surface area contributed by atoms with Crippen LogP contribution in [0.25, 0.3) is 10.9 Å². The smallest absolute Gasteiger partial charge is 0.410 e. The number of fused-ring (bicyclic) bond motifs is 3. The first kappa shape index (κ1) is 20.6. The second-order valence-corrected chi connectivity index (χ2v) is 8.87. The van der Waals surface area contributed by atoms with E-state index in [1.807, 2.05) is 25.7 Å². The number of methoxy groups -OCH3 is 1. The number of benzene rings is 1. The highest BCUT2D eigenvalue weighted by Crippen LogP contribution is 2.39. The SMILES string of the molecule is COc1c(F)cc(F)c2nc(C)nc(N3CC4CCC(C3)N4C(=O)OC(C)(C)C)c12. The lowest BCUT2D eigenvalue weighted by Gasteiger charge is -2.42. The molecule has 2 aliphatic rings. The van der Waals surface area contributed by atoms with Gasteiger partial charge < -0.3 is 14.4 Å². The Balaban J connectivity index is 1.73. The number of carbonyl (C=O) groups excluding carboxylic acids is 1. The van der Waals surface area contributed by atoms with Gasteiger partial charge in [0.1, 0.15) is 22.8 Å². The van der Waals surface area contributed by atoms with Crippen LogP contribution in [0.15, 0.2) is 6.07 Å². The van der Waals surface area contributed by atoms with E-state index in [-0.39, 0.29) is 34.8 Å². The molecule has 3 heterocycles. The number of anilines is 1. The summed E-state index contributed by atoms with van der Waals surface area (Å²) in [6.07, 6.45) is 1.35. The maximum atomic E-state index is 14.5. The molecule has 1 aromatic heterocycles. The normalized spacial score (nSPS) is 21.3. The average Bonchev–Trinajstić information content (AvgIpc) is 2.91. The highest BCUT2D eigenvalue weighted by atomic mass is 19.1. The van der Waals surface area contributed by atoms with Crippen molar-refractivity contribution < 1.29 is 23.0 Å². The Morgan fingerprint density at radius 2 is 1.77 bits per heavy atom. The van der Waals surface area contributed by atoms with Gasteiger partial charge in [-0.2, -0.15) is 0 Å². The van der Waals surface area contributed by atoms with Crippen LogP contribution >= 0.6 is 0 Å². The number of aryl methyl sites for hydroxylation is 1. The minimum Gasteiger partial charge on any atom is -0.493 e. The van der Waals surface area contributed by atoms with Gasteiger partial charge in [-0.1, -0.05) is 0 Å². The summed E-state index contributed by atoms with van der Waals surface area (Å²) in [7, 11) is 1.34. The molecular weight excluding hydrogens is 394 g/mol. The van der Waals surface area contributed by atoms with Gasteiger partial charge in [0, 0.05) is 19.2 Å². The van der Waals surface area contributed by atoms with Gasteiger partial charge in [-0.05, 0) is 40.5 Å². The van der Waals surface area contributed by atoms with Gasteiger partial charge in [-0.3, -0.25) is 4.90 Å². The standard InChI is InChI=1S/C21H26F2N4O3/c1-11-24-17-14(22)8-15(23)18(29-5)16(17)19(25-11)26-9-12-6-7-13(10-26)27(12)20(28)30-21(2,3)4/h8,12-13H,6-7,9-10H2,1-5H3. The van der Waals surface area contributed by atoms with Crippen molar-refractivity contribution in [1.82, 2.24) is 14.9 Å². The van der Waals surface area contributed by atoms with Crippen LogP contribution in [0.2, 0.25) is 0 Å². The van der Waals surface area contributed by atoms with Crippen molar-refractivity contribution >= 4 is 22.8 Å². The Morgan fingerprint density at radius 1 is 1.13 bits per heavy atom. The molecule has 2 saturated heterocycles. The molecule has 162 valence electrons. The summed E-state index contributed by atoms with van der Waals surface area (Å²) < 4.78 is 39.7. The summed E-state index contributed by atoms with van der Waals surface area (Å²) in [6.45, 7) is 8.17. The lowest BCUT2D eigenvalue weighted by atomic mass is 10.1. The second kappa shape index (κ2) is 7.21. The first-order valence-corrected chi connectivity index (χ1v) is 10.1. The molecule has 7 nitrogen and oxygen atoms in total. The number of nitrogens with zero attached hydrogens (tertiary/aromatic N) is 4. The number of carbonyl (C=O) groups is 1. The minimum absolute atomic E-state index is 0.0256. The Bertz CT molecular complexity index is 994. The predicted molar refractivity (Wildman–Crippen MR) is 108 cm³/mol. The Kier molecular flexibility index (Phi) is 4.94. The van der Waals surface area contributed by atoms with Crippen LogP contribution in [0.3, 0.4) is 0 Å². The molecule has 2 unspecified atom stereocenters. The third-order valence-corrected chi connectivity index (χ3v) is 5.52. The number of ether oxygens (including phenoxy) is 2. The number of hydrogen-bond donors (Lipinski definition) is 0. The van der Waals surface area contributed by atoms with E-state index in [1.165, 1.54) is 7.11 Å². The molecule has 0 radical (unpaired) electrons.